The van der Waals surface area contributed by atoms with Crippen LogP contribution in [0.15, 0.2) is 36.4 Å². The smallest absolute Gasteiger partial charge is 0.255 e. The minimum absolute atomic E-state index is 0.267. The van der Waals surface area contributed by atoms with Crippen molar-refractivity contribution in [1.82, 2.24) is 4.98 Å². The third-order valence-electron chi connectivity index (χ3n) is 3.13. The molecule has 0 unspecified atom stereocenters. The van der Waals surface area contributed by atoms with Gasteiger partial charge in [0.25, 0.3) is 5.91 Å². The molecule has 0 radical (unpaired) electrons. The van der Waals surface area contributed by atoms with Crippen LogP contribution in [0, 0.1) is 0 Å². The Morgan fingerprint density at radius 1 is 1.35 bits per heavy atom. The zero-order valence-corrected chi connectivity index (χ0v) is 13.8. The van der Waals surface area contributed by atoms with Crippen molar-refractivity contribution in [2.75, 3.05) is 13.7 Å². The van der Waals surface area contributed by atoms with Gasteiger partial charge in [0.1, 0.15) is 5.01 Å². The van der Waals surface area contributed by atoms with Crippen molar-refractivity contribution in [3.05, 3.63) is 41.4 Å². The number of primary amides is 1. The van der Waals surface area contributed by atoms with Crippen LogP contribution in [0.5, 0.6) is 11.5 Å². The SMILES string of the molecule is COc1cc(-c2nc3ccccc3s2)cc(Cl)c1OCC(N)=O. The summed E-state index contributed by atoms with van der Waals surface area (Å²) in [4.78, 5) is 15.5. The predicted octanol–water partition coefficient (Wildman–Crippen LogP) is 3.49. The van der Waals surface area contributed by atoms with E-state index in [1.165, 1.54) is 7.11 Å². The van der Waals surface area contributed by atoms with Crippen LogP contribution in [-0.2, 0) is 4.79 Å². The predicted molar refractivity (Wildman–Crippen MR) is 91.3 cm³/mol. The number of para-hydroxylation sites is 1. The maximum absolute atomic E-state index is 10.9. The molecule has 23 heavy (non-hydrogen) atoms. The number of aromatic nitrogens is 1. The van der Waals surface area contributed by atoms with Gasteiger partial charge in [-0.1, -0.05) is 23.7 Å². The molecular weight excluding hydrogens is 336 g/mol. The molecule has 1 aromatic heterocycles. The normalized spacial score (nSPS) is 10.7. The largest absolute Gasteiger partial charge is 0.493 e. The molecule has 0 saturated heterocycles. The molecule has 3 rings (SSSR count). The van der Waals surface area contributed by atoms with Gasteiger partial charge in [0.2, 0.25) is 0 Å². The molecular formula is C16H13ClN2O3S. The molecule has 2 aromatic carbocycles. The Kier molecular flexibility index (Phi) is 4.36. The highest BCUT2D eigenvalue weighted by molar-refractivity contribution is 7.21. The van der Waals surface area contributed by atoms with Crippen LogP contribution in [0.4, 0.5) is 0 Å². The van der Waals surface area contributed by atoms with Crippen LogP contribution in [0.1, 0.15) is 0 Å². The van der Waals surface area contributed by atoms with Crippen LogP contribution in [0.25, 0.3) is 20.8 Å². The number of nitrogens with two attached hydrogens (primary N) is 1. The van der Waals surface area contributed by atoms with Gasteiger partial charge in [-0.05, 0) is 24.3 Å². The molecule has 3 aromatic rings. The molecule has 0 aliphatic carbocycles. The van der Waals surface area contributed by atoms with E-state index in [1.54, 1.807) is 23.5 Å². The summed E-state index contributed by atoms with van der Waals surface area (Å²) < 4.78 is 11.7. The van der Waals surface area contributed by atoms with E-state index in [4.69, 9.17) is 26.8 Å². The molecule has 0 saturated carbocycles. The molecule has 1 amide bonds. The van der Waals surface area contributed by atoms with E-state index in [0.29, 0.717) is 10.8 Å². The van der Waals surface area contributed by atoms with Crippen molar-refractivity contribution >= 4 is 39.1 Å². The number of carbonyl (C=O) groups excluding carboxylic acids is 1. The summed E-state index contributed by atoms with van der Waals surface area (Å²) in [6.07, 6.45) is 0. The summed E-state index contributed by atoms with van der Waals surface area (Å²) >= 11 is 7.83. The van der Waals surface area contributed by atoms with Gasteiger partial charge in [-0.15, -0.1) is 11.3 Å². The number of hydrogen-bond acceptors (Lipinski definition) is 5. The first-order valence-corrected chi connectivity index (χ1v) is 7.92. The third kappa shape index (κ3) is 3.23. The minimum Gasteiger partial charge on any atom is -0.493 e. The lowest BCUT2D eigenvalue weighted by molar-refractivity contribution is -0.119. The lowest BCUT2D eigenvalue weighted by atomic mass is 10.2. The number of amides is 1. The summed E-state index contributed by atoms with van der Waals surface area (Å²) in [7, 11) is 1.50. The van der Waals surface area contributed by atoms with Crippen LogP contribution >= 0.6 is 22.9 Å². The average molecular weight is 349 g/mol. The van der Waals surface area contributed by atoms with Crippen LogP contribution in [0.2, 0.25) is 5.02 Å². The topological polar surface area (TPSA) is 74.4 Å². The van der Waals surface area contributed by atoms with Crippen molar-refractivity contribution in [2.24, 2.45) is 5.73 Å². The zero-order valence-electron chi connectivity index (χ0n) is 12.2. The van der Waals surface area contributed by atoms with Crippen molar-refractivity contribution in [3.8, 4) is 22.1 Å². The maximum atomic E-state index is 10.9. The van der Waals surface area contributed by atoms with E-state index in [-0.39, 0.29) is 12.4 Å². The van der Waals surface area contributed by atoms with Gasteiger partial charge in [0, 0.05) is 5.56 Å². The van der Waals surface area contributed by atoms with Crippen molar-refractivity contribution in [1.29, 1.82) is 0 Å². The molecule has 118 valence electrons. The van der Waals surface area contributed by atoms with E-state index in [1.807, 2.05) is 24.3 Å². The summed E-state index contributed by atoms with van der Waals surface area (Å²) in [5.41, 5.74) is 6.84. The molecule has 0 fully saturated rings. The number of benzene rings is 2. The Morgan fingerprint density at radius 2 is 2.13 bits per heavy atom. The molecule has 5 nitrogen and oxygen atoms in total. The average Bonchev–Trinajstić information content (AvgIpc) is 2.96. The fraction of sp³-hybridized carbons (Fsp3) is 0.125. The number of hydrogen-bond donors (Lipinski definition) is 1. The van der Waals surface area contributed by atoms with Crippen LogP contribution < -0.4 is 15.2 Å². The summed E-state index contributed by atoms with van der Waals surface area (Å²) in [6, 6.07) is 11.4. The van der Waals surface area contributed by atoms with E-state index in [9.17, 15) is 4.79 Å². The van der Waals surface area contributed by atoms with E-state index < -0.39 is 5.91 Å². The van der Waals surface area contributed by atoms with Crippen molar-refractivity contribution in [3.63, 3.8) is 0 Å². The molecule has 0 aliphatic heterocycles. The standard InChI is InChI=1S/C16H13ClN2O3S/c1-21-12-7-9(6-10(17)15(12)22-8-14(18)20)16-19-11-4-2-3-5-13(11)23-16/h2-7H,8H2,1H3,(H2,18,20). The zero-order chi connectivity index (χ0) is 16.4. The number of nitrogens with zero attached hydrogens (tertiary/aromatic N) is 1. The Hall–Kier alpha value is -2.31. The number of rotatable bonds is 5. The van der Waals surface area contributed by atoms with Crippen molar-refractivity contribution in [2.45, 2.75) is 0 Å². The summed E-state index contributed by atoms with van der Waals surface area (Å²) in [5, 5.41) is 1.16. The number of ether oxygens (including phenoxy) is 2. The van der Waals surface area contributed by atoms with Crippen LogP contribution in [0.3, 0.4) is 0 Å². The molecule has 0 aliphatic rings. The fourth-order valence-corrected chi connectivity index (χ4v) is 3.34. The number of thiazole rings is 1. The first-order chi connectivity index (χ1) is 11.1. The van der Waals surface area contributed by atoms with Gasteiger partial charge in [-0.2, -0.15) is 0 Å². The highest BCUT2D eigenvalue weighted by Crippen LogP contribution is 2.41. The Bertz CT molecular complexity index is 846. The van der Waals surface area contributed by atoms with Gasteiger partial charge in [0.05, 0.1) is 22.3 Å². The second-order valence-electron chi connectivity index (χ2n) is 4.73. The second-order valence-corrected chi connectivity index (χ2v) is 6.17. The Balaban J connectivity index is 2.03. The molecule has 0 atom stereocenters. The number of fused-ring (bicyclic) bond motifs is 1. The molecule has 7 heteroatoms. The quantitative estimate of drug-likeness (QED) is 0.765. The number of carbonyl (C=O) groups is 1. The molecule has 0 bridgehead atoms. The third-order valence-corrected chi connectivity index (χ3v) is 4.50. The van der Waals surface area contributed by atoms with Gasteiger partial charge in [-0.3, -0.25) is 4.79 Å². The maximum Gasteiger partial charge on any atom is 0.255 e. The molecule has 0 spiro atoms. The molecule has 1 heterocycles. The van der Waals surface area contributed by atoms with Gasteiger partial charge in [-0.25, -0.2) is 4.98 Å². The lowest BCUT2D eigenvalue weighted by Gasteiger charge is -2.12. The van der Waals surface area contributed by atoms with Gasteiger partial charge < -0.3 is 15.2 Å². The van der Waals surface area contributed by atoms with E-state index in [0.717, 1.165) is 20.8 Å². The first kappa shape index (κ1) is 15.6. The summed E-state index contributed by atoms with van der Waals surface area (Å²) in [5.74, 6) is 0.129. The minimum atomic E-state index is -0.585. The highest BCUT2D eigenvalue weighted by atomic mass is 35.5. The monoisotopic (exact) mass is 348 g/mol. The van der Waals surface area contributed by atoms with E-state index in [2.05, 4.69) is 4.98 Å². The highest BCUT2D eigenvalue weighted by Gasteiger charge is 2.16. The van der Waals surface area contributed by atoms with Crippen LogP contribution in [-0.4, -0.2) is 24.6 Å². The Labute approximate surface area is 141 Å². The second kappa shape index (κ2) is 6.44. The summed E-state index contributed by atoms with van der Waals surface area (Å²) in [6.45, 7) is -0.267. The van der Waals surface area contributed by atoms with Crippen molar-refractivity contribution < 1.29 is 14.3 Å². The van der Waals surface area contributed by atoms with Gasteiger partial charge >= 0.3 is 0 Å². The number of halogens is 1. The Morgan fingerprint density at radius 3 is 2.83 bits per heavy atom. The lowest BCUT2D eigenvalue weighted by Crippen LogP contribution is -2.20. The molecule has 2 N–H and O–H groups in total. The number of methoxy groups -OCH3 is 1. The van der Waals surface area contributed by atoms with E-state index >= 15 is 0 Å². The first-order valence-electron chi connectivity index (χ1n) is 6.73. The fourth-order valence-electron chi connectivity index (χ4n) is 2.12. The van der Waals surface area contributed by atoms with Gasteiger partial charge in [0.15, 0.2) is 18.1 Å².